The maximum absolute atomic E-state index is 12.5. The fourth-order valence-electron chi connectivity index (χ4n) is 3.02. The third kappa shape index (κ3) is 5.05. The van der Waals surface area contributed by atoms with Crippen LogP contribution in [0.5, 0.6) is 0 Å². The molecule has 5 heteroatoms. The first-order valence-electron chi connectivity index (χ1n) is 9.75. The van der Waals surface area contributed by atoms with Crippen molar-refractivity contribution in [1.82, 2.24) is 0 Å². The molecule has 0 atom stereocenters. The summed E-state index contributed by atoms with van der Waals surface area (Å²) in [4.78, 5) is 24.9. The van der Waals surface area contributed by atoms with Gasteiger partial charge in [-0.05, 0) is 35.6 Å². The Balaban J connectivity index is 1.80. The van der Waals surface area contributed by atoms with Crippen LogP contribution in [0.4, 0.5) is 5.00 Å². The van der Waals surface area contributed by atoms with E-state index < -0.39 is 5.97 Å². The third-order valence-corrected chi connectivity index (χ3v) is 5.71. The summed E-state index contributed by atoms with van der Waals surface area (Å²) >= 11 is 1.31. The molecule has 0 saturated carbocycles. The lowest BCUT2D eigenvalue weighted by Crippen LogP contribution is -2.11. The number of hydrogen-bond acceptors (Lipinski definition) is 4. The number of methoxy groups -OCH3 is 1. The lowest BCUT2D eigenvalue weighted by Gasteiger charge is -2.07. The van der Waals surface area contributed by atoms with Crippen LogP contribution >= 0.6 is 11.3 Å². The van der Waals surface area contributed by atoms with E-state index in [2.05, 4.69) is 31.3 Å². The summed E-state index contributed by atoms with van der Waals surface area (Å²) in [7, 11) is 1.34. The Morgan fingerprint density at radius 2 is 1.70 bits per heavy atom. The number of rotatable bonds is 6. The maximum Gasteiger partial charge on any atom is 0.341 e. The first kappa shape index (κ1) is 21.5. The zero-order valence-corrected chi connectivity index (χ0v) is 18.4. The van der Waals surface area contributed by atoms with Gasteiger partial charge in [0.05, 0.1) is 7.11 Å². The number of amides is 1. The fraction of sp³-hybridized carbons (Fsp3) is 0.200. The number of hydrogen-bond donors (Lipinski definition) is 1. The molecule has 0 unspecified atom stereocenters. The molecule has 3 aromatic rings. The summed E-state index contributed by atoms with van der Waals surface area (Å²) < 4.78 is 4.96. The number of benzene rings is 2. The molecular weight excluding hydrogens is 394 g/mol. The molecule has 1 heterocycles. The molecule has 0 aliphatic heterocycles. The van der Waals surface area contributed by atoms with Gasteiger partial charge in [-0.2, -0.15) is 0 Å². The van der Waals surface area contributed by atoms with Crippen LogP contribution in [-0.2, 0) is 9.53 Å². The molecule has 3 rings (SSSR count). The molecule has 0 aliphatic carbocycles. The Hall–Kier alpha value is -3.18. The largest absolute Gasteiger partial charge is 0.465 e. The Kier molecular flexibility index (Phi) is 6.85. The van der Waals surface area contributed by atoms with E-state index in [1.165, 1.54) is 30.1 Å². The minimum Gasteiger partial charge on any atom is -0.465 e. The molecule has 30 heavy (non-hydrogen) atoms. The maximum atomic E-state index is 12.5. The normalized spacial score (nSPS) is 11.1. The van der Waals surface area contributed by atoms with Crippen molar-refractivity contribution in [3.05, 3.63) is 82.2 Å². The van der Waals surface area contributed by atoms with Gasteiger partial charge < -0.3 is 10.1 Å². The van der Waals surface area contributed by atoms with Gasteiger partial charge in [0.2, 0.25) is 5.91 Å². The molecule has 1 aromatic heterocycles. The Labute approximate surface area is 181 Å². The van der Waals surface area contributed by atoms with Crippen molar-refractivity contribution in [2.45, 2.75) is 26.7 Å². The summed E-state index contributed by atoms with van der Waals surface area (Å²) in [6, 6.07) is 16.0. The summed E-state index contributed by atoms with van der Waals surface area (Å²) in [5.74, 6) is -0.314. The van der Waals surface area contributed by atoms with E-state index in [1.807, 2.05) is 48.7 Å². The Morgan fingerprint density at radius 3 is 2.30 bits per heavy atom. The number of carbonyl (C=O) groups is 2. The fourth-order valence-corrected chi connectivity index (χ4v) is 3.98. The van der Waals surface area contributed by atoms with Crippen LogP contribution < -0.4 is 5.32 Å². The van der Waals surface area contributed by atoms with Gasteiger partial charge in [-0.3, -0.25) is 4.79 Å². The zero-order valence-electron chi connectivity index (χ0n) is 17.6. The molecule has 0 saturated heterocycles. The SMILES string of the molecule is COC(=O)c1c(-c2ccc(C)cc2)csc1NC(=O)C=Cc1ccc(C(C)C)cc1. The smallest absolute Gasteiger partial charge is 0.341 e. The van der Waals surface area contributed by atoms with Crippen molar-refractivity contribution >= 4 is 34.3 Å². The van der Waals surface area contributed by atoms with E-state index in [1.54, 1.807) is 6.08 Å². The van der Waals surface area contributed by atoms with E-state index in [0.29, 0.717) is 16.5 Å². The first-order valence-corrected chi connectivity index (χ1v) is 10.6. The molecule has 4 nitrogen and oxygen atoms in total. The number of ether oxygens (including phenoxy) is 1. The zero-order chi connectivity index (χ0) is 21.7. The molecule has 1 amide bonds. The van der Waals surface area contributed by atoms with Gasteiger partial charge in [0, 0.05) is 17.0 Å². The van der Waals surface area contributed by atoms with Gasteiger partial charge in [-0.15, -0.1) is 11.3 Å². The van der Waals surface area contributed by atoms with Crippen LogP contribution in [0.15, 0.2) is 60.0 Å². The van der Waals surface area contributed by atoms with Crippen molar-refractivity contribution < 1.29 is 14.3 Å². The van der Waals surface area contributed by atoms with Crippen LogP contribution in [0.25, 0.3) is 17.2 Å². The van der Waals surface area contributed by atoms with Crippen molar-refractivity contribution in [2.75, 3.05) is 12.4 Å². The first-order chi connectivity index (χ1) is 14.4. The van der Waals surface area contributed by atoms with Crippen LogP contribution in [-0.4, -0.2) is 19.0 Å². The van der Waals surface area contributed by atoms with Gasteiger partial charge in [0.15, 0.2) is 0 Å². The lowest BCUT2D eigenvalue weighted by atomic mass is 10.0. The number of carbonyl (C=O) groups excluding carboxylic acids is 2. The summed E-state index contributed by atoms with van der Waals surface area (Å²) in [6.45, 7) is 6.29. The molecule has 1 N–H and O–H groups in total. The monoisotopic (exact) mass is 419 g/mol. The summed E-state index contributed by atoms with van der Waals surface area (Å²) in [5, 5.41) is 5.16. The Bertz CT molecular complexity index is 1060. The van der Waals surface area contributed by atoms with Gasteiger partial charge >= 0.3 is 5.97 Å². The molecular formula is C25H25NO3S. The number of aryl methyl sites for hydroxylation is 1. The minimum absolute atomic E-state index is 0.301. The summed E-state index contributed by atoms with van der Waals surface area (Å²) in [6.07, 6.45) is 3.22. The number of nitrogens with one attached hydrogen (secondary N) is 1. The topological polar surface area (TPSA) is 55.4 Å². The minimum atomic E-state index is -0.477. The van der Waals surface area contributed by atoms with Crippen molar-refractivity contribution in [2.24, 2.45) is 0 Å². The second-order valence-corrected chi connectivity index (χ2v) is 8.23. The predicted molar refractivity (Wildman–Crippen MR) is 124 cm³/mol. The molecule has 0 aliphatic rings. The van der Waals surface area contributed by atoms with E-state index in [9.17, 15) is 9.59 Å². The van der Waals surface area contributed by atoms with E-state index in [0.717, 1.165) is 22.3 Å². The molecule has 0 fully saturated rings. The third-order valence-electron chi connectivity index (χ3n) is 4.81. The molecule has 2 aromatic carbocycles. The van der Waals surface area contributed by atoms with Gasteiger partial charge in [-0.25, -0.2) is 4.79 Å². The van der Waals surface area contributed by atoms with E-state index in [4.69, 9.17) is 4.74 Å². The van der Waals surface area contributed by atoms with Gasteiger partial charge in [0.25, 0.3) is 0 Å². The van der Waals surface area contributed by atoms with Gasteiger partial charge in [-0.1, -0.05) is 67.9 Å². The standard InChI is InChI=1S/C25H25NO3S/c1-16(2)19-12-7-18(8-13-19)9-14-22(27)26-24-23(25(28)29-4)21(15-30-24)20-10-5-17(3)6-11-20/h5-16H,1-4H3,(H,26,27). The number of thiophene rings is 1. The quantitative estimate of drug-likeness (QED) is 0.378. The summed E-state index contributed by atoms with van der Waals surface area (Å²) in [5.41, 5.74) is 5.34. The van der Waals surface area contributed by atoms with Crippen molar-refractivity contribution in [3.63, 3.8) is 0 Å². The lowest BCUT2D eigenvalue weighted by molar-refractivity contribution is -0.111. The average Bonchev–Trinajstić information content (AvgIpc) is 3.15. The molecule has 0 bridgehead atoms. The number of esters is 1. The van der Waals surface area contributed by atoms with Crippen molar-refractivity contribution in [1.29, 1.82) is 0 Å². The highest BCUT2D eigenvalue weighted by molar-refractivity contribution is 7.15. The van der Waals surface area contributed by atoms with E-state index in [-0.39, 0.29) is 5.91 Å². The van der Waals surface area contributed by atoms with Crippen molar-refractivity contribution in [3.8, 4) is 11.1 Å². The van der Waals surface area contributed by atoms with E-state index >= 15 is 0 Å². The Morgan fingerprint density at radius 1 is 1.03 bits per heavy atom. The molecule has 154 valence electrons. The highest BCUT2D eigenvalue weighted by atomic mass is 32.1. The second-order valence-electron chi connectivity index (χ2n) is 7.36. The second kappa shape index (κ2) is 9.55. The molecule has 0 radical (unpaired) electrons. The highest BCUT2D eigenvalue weighted by Gasteiger charge is 2.21. The average molecular weight is 420 g/mol. The van der Waals surface area contributed by atoms with Crippen LogP contribution in [0, 0.1) is 6.92 Å². The highest BCUT2D eigenvalue weighted by Crippen LogP contribution is 2.36. The predicted octanol–water partition coefficient (Wildman–Crippen LogP) is 6.29. The van der Waals surface area contributed by atoms with Crippen LogP contribution in [0.1, 0.15) is 46.8 Å². The van der Waals surface area contributed by atoms with Crippen LogP contribution in [0.2, 0.25) is 0 Å². The van der Waals surface area contributed by atoms with Gasteiger partial charge in [0.1, 0.15) is 10.6 Å². The van der Waals surface area contributed by atoms with Crippen LogP contribution in [0.3, 0.4) is 0 Å². The molecule has 0 spiro atoms. The number of anilines is 1.